The SMILES string of the molecule is O=C(NC1CC1)[C@H](Cc1ccccc1)NC(=O)[C@H]1CC(c2ccc(Cl)cc2)=NO1. The molecule has 2 aromatic carbocycles. The van der Waals surface area contributed by atoms with Gasteiger partial charge in [-0.3, -0.25) is 9.59 Å². The highest BCUT2D eigenvalue weighted by molar-refractivity contribution is 6.30. The van der Waals surface area contributed by atoms with Gasteiger partial charge in [-0.1, -0.05) is 59.2 Å². The molecule has 0 saturated heterocycles. The molecule has 0 bridgehead atoms. The zero-order chi connectivity index (χ0) is 20.2. The summed E-state index contributed by atoms with van der Waals surface area (Å²) in [6.07, 6.45) is 1.98. The number of carbonyl (C=O) groups is 2. The Balaban J connectivity index is 1.39. The smallest absolute Gasteiger partial charge is 0.265 e. The summed E-state index contributed by atoms with van der Waals surface area (Å²) in [6.45, 7) is 0. The maximum absolute atomic E-state index is 12.8. The van der Waals surface area contributed by atoms with E-state index >= 15 is 0 Å². The number of oxime groups is 1. The molecule has 0 unspecified atom stereocenters. The van der Waals surface area contributed by atoms with Gasteiger partial charge in [-0.25, -0.2) is 0 Å². The van der Waals surface area contributed by atoms with E-state index in [-0.39, 0.29) is 17.9 Å². The van der Waals surface area contributed by atoms with Crippen LogP contribution in [0.1, 0.15) is 30.4 Å². The lowest BCUT2D eigenvalue weighted by Gasteiger charge is -2.20. The fourth-order valence-corrected chi connectivity index (χ4v) is 3.31. The van der Waals surface area contributed by atoms with Gasteiger partial charge in [0, 0.05) is 23.9 Å². The van der Waals surface area contributed by atoms with Gasteiger partial charge in [0.25, 0.3) is 5.91 Å². The number of carbonyl (C=O) groups excluding carboxylic acids is 2. The van der Waals surface area contributed by atoms with Gasteiger partial charge in [-0.05, 0) is 36.1 Å². The fourth-order valence-electron chi connectivity index (χ4n) is 3.18. The van der Waals surface area contributed by atoms with Gasteiger partial charge in [0.2, 0.25) is 12.0 Å². The first kappa shape index (κ1) is 19.5. The molecule has 0 radical (unpaired) electrons. The first-order valence-corrected chi connectivity index (χ1v) is 10.1. The molecule has 1 fully saturated rings. The van der Waals surface area contributed by atoms with Crippen LogP contribution in [0, 0.1) is 0 Å². The summed E-state index contributed by atoms with van der Waals surface area (Å²) in [5.74, 6) is -0.508. The standard InChI is InChI=1S/C22H22ClN3O3/c23-16-8-6-15(7-9-16)18-13-20(29-26-18)22(28)25-19(21(27)24-17-10-11-17)12-14-4-2-1-3-5-14/h1-9,17,19-20H,10-13H2,(H,24,27)(H,25,28)/t19-,20+/m0/s1. The number of nitrogens with one attached hydrogen (secondary N) is 2. The number of hydrogen-bond acceptors (Lipinski definition) is 4. The van der Waals surface area contributed by atoms with Gasteiger partial charge in [0.15, 0.2) is 0 Å². The number of amides is 2. The van der Waals surface area contributed by atoms with Crippen LogP contribution >= 0.6 is 11.6 Å². The molecule has 1 aliphatic heterocycles. The monoisotopic (exact) mass is 411 g/mol. The number of nitrogens with zero attached hydrogens (tertiary/aromatic N) is 1. The predicted molar refractivity (Wildman–Crippen MR) is 111 cm³/mol. The average molecular weight is 412 g/mol. The zero-order valence-corrected chi connectivity index (χ0v) is 16.6. The molecule has 0 aromatic heterocycles. The van der Waals surface area contributed by atoms with Gasteiger partial charge < -0.3 is 15.5 Å². The van der Waals surface area contributed by atoms with E-state index < -0.39 is 12.1 Å². The van der Waals surface area contributed by atoms with E-state index in [1.54, 1.807) is 12.1 Å². The summed E-state index contributed by atoms with van der Waals surface area (Å²) in [4.78, 5) is 30.8. The van der Waals surface area contributed by atoms with Crippen LogP contribution in [0.2, 0.25) is 5.02 Å². The van der Waals surface area contributed by atoms with E-state index in [1.807, 2.05) is 42.5 Å². The highest BCUT2D eigenvalue weighted by atomic mass is 35.5. The normalized spacial score (nSPS) is 19.1. The van der Waals surface area contributed by atoms with Crippen molar-refractivity contribution >= 4 is 29.1 Å². The molecule has 2 aliphatic rings. The van der Waals surface area contributed by atoms with E-state index in [9.17, 15) is 9.59 Å². The minimum absolute atomic E-state index is 0.165. The first-order chi connectivity index (χ1) is 14.1. The molecular formula is C22H22ClN3O3. The molecule has 2 atom stereocenters. The van der Waals surface area contributed by atoms with Crippen molar-refractivity contribution in [2.45, 2.75) is 43.9 Å². The van der Waals surface area contributed by atoms with Crippen molar-refractivity contribution in [3.05, 3.63) is 70.7 Å². The summed E-state index contributed by atoms with van der Waals surface area (Å²) < 4.78 is 0. The van der Waals surface area contributed by atoms with Crippen molar-refractivity contribution in [1.29, 1.82) is 0 Å². The molecule has 7 heteroatoms. The Kier molecular flexibility index (Phi) is 5.81. The molecule has 1 saturated carbocycles. The van der Waals surface area contributed by atoms with Crippen molar-refractivity contribution in [2.75, 3.05) is 0 Å². The van der Waals surface area contributed by atoms with Gasteiger partial charge in [0.1, 0.15) is 6.04 Å². The molecule has 2 N–H and O–H groups in total. The van der Waals surface area contributed by atoms with E-state index in [4.69, 9.17) is 16.4 Å². The Hall–Kier alpha value is -2.86. The minimum atomic E-state index is -0.757. The number of benzene rings is 2. The van der Waals surface area contributed by atoms with Crippen LogP contribution in [0.5, 0.6) is 0 Å². The largest absolute Gasteiger partial charge is 0.382 e. The quantitative estimate of drug-likeness (QED) is 0.735. The fraction of sp³-hybridized carbons (Fsp3) is 0.318. The number of hydrogen-bond donors (Lipinski definition) is 2. The Labute approximate surface area is 174 Å². The lowest BCUT2D eigenvalue weighted by Crippen LogP contribution is -2.51. The van der Waals surface area contributed by atoms with E-state index in [0.29, 0.717) is 23.6 Å². The molecule has 1 aliphatic carbocycles. The van der Waals surface area contributed by atoms with Gasteiger partial charge >= 0.3 is 0 Å². The third-order valence-electron chi connectivity index (χ3n) is 4.98. The summed E-state index contributed by atoms with van der Waals surface area (Å²) in [7, 11) is 0. The highest BCUT2D eigenvalue weighted by Gasteiger charge is 2.33. The first-order valence-electron chi connectivity index (χ1n) is 9.72. The topological polar surface area (TPSA) is 79.8 Å². The van der Waals surface area contributed by atoms with E-state index in [0.717, 1.165) is 24.0 Å². The molecule has 2 aromatic rings. The maximum atomic E-state index is 12.8. The van der Waals surface area contributed by atoms with Crippen molar-refractivity contribution in [2.24, 2.45) is 5.16 Å². The summed E-state index contributed by atoms with van der Waals surface area (Å²) in [6, 6.07) is 16.4. The van der Waals surface area contributed by atoms with Crippen LogP contribution in [-0.4, -0.2) is 35.7 Å². The second kappa shape index (κ2) is 8.66. The van der Waals surface area contributed by atoms with Gasteiger partial charge in [-0.2, -0.15) is 0 Å². The Bertz CT molecular complexity index is 911. The molecule has 0 spiro atoms. The lowest BCUT2D eigenvalue weighted by atomic mass is 10.0. The average Bonchev–Trinajstić information content (AvgIpc) is 3.40. The molecule has 2 amide bonds. The number of rotatable bonds is 7. The molecule has 4 rings (SSSR count). The van der Waals surface area contributed by atoms with Crippen LogP contribution in [0.4, 0.5) is 0 Å². The maximum Gasteiger partial charge on any atom is 0.265 e. The second-order valence-electron chi connectivity index (χ2n) is 7.38. The van der Waals surface area contributed by atoms with Crippen molar-refractivity contribution in [1.82, 2.24) is 10.6 Å². The predicted octanol–water partition coefficient (Wildman–Crippen LogP) is 2.84. The van der Waals surface area contributed by atoms with Crippen LogP contribution in [-0.2, 0) is 20.8 Å². The Morgan fingerprint density at radius 2 is 1.83 bits per heavy atom. The summed E-state index contributed by atoms with van der Waals surface area (Å²) in [5, 5.41) is 10.5. The van der Waals surface area contributed by atoms with Crippen molar-refractivity contribution < 1.29 is 14.4 Å². The Morgan fingerprint density at radius 1 is 1.10 bits per heavy atom. The molecule has 6 nitrogen and oxygen atoms in total. The highest BCUT2D eigenvalue weighted by Crippen LogP contribution is 2.20. The molecule has 29 heavy (non-hydrogen) atoms. The van der Waals surface area contributed by atoms with E-state index in [1.165, 1.54) is 0 Å². The van der Waals surface area contributed by atoms with Crippen LogP contribution < -0.4 is 10.6 Å². The van der Waals surface area contributed by atoms with Crippen LogP contribution in [0.3, 0.4) is 0 Å². The summed E-state index contributed by atoms with van der Waals surface area (Å²) in [5.41, 5.74) is 2.52. The third kappa shape index (κ3) is 5.15. The van der Waals surface area contributed by atoms with Gasteiger partial charge in [0.05, 0.1) is 5.71 Å². The molecular weight excluding hydrogens is 390 g/mol. The Morgan fingerprint density at radius 3 is 2.52 bits per heavy atom. The summed E-state index contributed by atoms with van der Waals surface area (Å²) >= 11 is 5.92. The van der Waals surface area contributed by atoms with Crippen molar-refractivity contribution in [3.63, 3.8) is 0 Å². The van der Waals surface area contributed by atoms with Gasteiger partial charge in [-0.15, -0.1) is 0 Å². The van der Waals surface area contributed by atoms with Crippen molar-refractivity contribution in [3.8, 4) is 0 Å². The number of halogens is 1. The molecule has 150 valence electrons. The minimum Gasteiger partial charge on any atom is -0.382 e. The molecule has 1 heterocycles. The second-order valence-corrected chi connectivity index (χ2v) is 7.81. The van der Waals surface area contributed by atoms with E-state index in [2.05, 4.69) is 15.8 Å². The van der Waals surface area contributed by atoms with Crippen LogP contribution in [0.15, 0.2) is 59.8 Å². The third-order valence-corrected chi connectivity index (χ3v) is 5.23. The van der Waals surface area contributed by atoms with Crippen LogP contribution in [0.25, 0.3) is 0 Å². The zero-order valence-electron chi connectivity index (χ0n) is 15.8. The lowest BCUT2D eigenvalue weighted by molar-refractivity contribution is -0.135.